The molecule has 0 aliphatic carbocycles. The van der Waals surface area contributed by atoms with Crippen LogP contribution >= 0.6 is 0 Å². The van der Waals surface area contributed by atoms with Crippen LogP contribution in [0.2, 0.25) is 0 Å². The number of benzene rings is 1. The molecule has 0 atom stereocenters. The van der Waals surface area contributed by atoms with Crippen molar-refractivity contribution in [2.45, 2.75) is 13.8 Å². The maximum absolute atomic E-state index is 4.50. The number of nitrogens with zero attached hydrogens (tertiary/aromatic N) is 3. The summed E-state index contributed by atoms with van der Waals surface area (Å²) in [5, 5.41) is 5.41. The van der Waals surface area contributed by atoms with Crippen LogP contribution in [-0.2, 0) is 7.05 Å². The van der Waals surface area contributed by atoms with Gasteiger partial charge >= 0.3 is 0 Å². The van der Waals surface area contributed by atoms with E-state index in [2.05, 4.69) is 48.2 Å². The van der Waals surface area contributed by atoms with Crippen molar-refractivity contribution in [3.8, 4) is 11.3 Å². The van der Waals surface area contributed by atoms with Crippen molar-refractivity contribution in [2.75, 3.05) is 0 Å². The minimum Gasteiger partial charge on any atom is -0.268 e. The second-order valence-corrected chi connectivity index (χ2v) is 4.70. The minimum atomic E-state index is 1.02. The van der Waals surface area contributed by atoms with E-state index in [0.717, 1.165) is 22.2 Å². The lowest BCUT2D eigenvalue weighted by atomic mass is 10.1. The molecule has 0 saturated heterocycles. The Morgan fingerprint density at radius 2 is 1.83 bits per heavy atom. The summed E-state index contributed by atoms with van der Waals surface area (Å²) in [5.74, 6) is 0. The van der Waals surface area contributed by atoms with E-state index >= 15 is 0 Å². The van der Waals surface area contributed by atoms with Gasteiger partial charge in [-0.2, -0.15) is 5.10 Å². The van der Waals surface area contributed by atoms with Gasteiger partial charge in [-0.1, -0.05) is 6.07 Å². The molecule has 18 heavy (non-hydrogen) atoms. The van der Waals surface area contributed by atoms with E-state index in [1.54, 1.807) is 0 Å². The summed E-state index contributed by atoms with van der Waals surface area (Å²) in [6, 6.07) is 8.46. The van der Waals surface area contributed by atoms with E-state index in [1.165, 1.54) is 11.1 Å². The van der Waals surface area contributed by atoms with Crippen molar-refractivity contribution >= 4 is 10.9 Å². The summed E-state index contributed by atoms with van der Waals surface area (Å²) >= 11 is 0. The summed E-state index contributed by atoms with van der Waals surface area (Å²) in [5.41, 5.74) is 5.79. The number of pyridine rings is 1. The molecule has 0 aliphatic heterocycles. The highest BCUT2D eigenvalue weighted by Crippen LogP contribution is 2.23. The van der Waals surface area contributed by atoms with Gasteiger partial charge in [0.1, 0.15) is 0 Å². The summed E-state index contributed by atoms with van der Waals surface area (Å²) in [6.07, 6.45) is 3.82. The van der Waals surface area contributed by atoms with Gasteiger partial charge in [-0.3, -0.25) is 9.67 Å². The Balaban J connectivity index is 2.16. The molecule has 3 aromatic rings. The summed E-state index contributed by atoms with van der Waals surface area (Å²) < 4.78 is 1.88. The average molecular weight is 237 g/mol. The third-order valence-corrected chi connectivity index (χ3v) is 3.41. The van der Waals surface area contributed by atoms with Gasteiger partial charge in [0.2, 0.25) is 0 Å². The summed E-state index contributed by atoms with van der Waals surface area (Å²) in [6.45, 7) is 4.19. The molecule has 0 amide bonds. The van der Waals surface area contributed by atoms with E-state index in [0.29, 0.717) is 0 Å². The Hall–Kier alpha value is -2.16. The second-order valence-electron chi connectivity index (χ2n) is 4.70. The van der Waals surface area contributed by atoms with E-state index in [1.807, 2.05) is 24.1 Å². The van der Waals surface area contributed by atoms with Crippen LogP contribution in [0.25, 0.3) is 22.2 Å². The van der Waals surface area contributed by atoms with Gasteiger partial charge in [0, 0.05) is 24.2 Å². The van der Waals surface area contributed by atoms with Gasteiger partial charge in [0.05, 0.1) is 17.4 Å². The van der Waals surface area contributed by atoms with E-state index in [4.69, 9.17) is 0 Å². The topological polar surface area (TPSA) is 30.7 Å². The first-order valence-corrected chi connectivity index (χ1v) is 6.00. The summed E-state index contributed by atoms with van der Waals surface area (Å²) in [7, 11) is 1.95. The fourth-order valence-corrected chi connectivity index (χ4v) is 2.11. The molecular formula is C15H15N3. The number of hydrogen-bond donors (Lipinski definition) is 0. The van der Waals surface area contributed by atoms with Gasteiger partial charge in [-0.25, -0.2) is 0 Å². The molecule has 3 rings (SSSR count). The maximum Gasteiger partial charge on any atom is 0.0705 e. The standard InChI is InChI=1S/C15H15N3/c1-10-6-14(16-8-11(10)2)12-4-5-15-13(7-12)9-17-18(15)3/h4-9H,1-3H3. The van der Waals surface area contributed by atoms with Gasteiger partial charge < -0.3 is 0 Å². The highest BCUT2D eigenvalue weighted by atomic mass is 15.2. The zero-order valence-electron chi connectivity index (χ0n) is 10.8. The van der Waals surface area contributed by atoms with Crippen molar-refractivity contribution in [1.29, 1.82) is 0 Å². The number of rotatable bonds is 1. The average Bonchev–Trinajstić information content (AvgIpc) is 2.74. The molecule has 0 radical (unpaired) electrons. The predicted octanol–water partition coefficient (Wildman–Crippen LogP) is 3.25. The Labute approximate surface area is 106 Å². The molecule has 2 aromatic heterocycles. The fraction of sp³-hybridized carbons (Fsp3) is 0.200. The SMILES string of the molecule is Cc1cnc(-c2ccc3c(cnn3C)c2)cc1C. The number of aromatic nitrogens is 3. The molecule has 2 heterocycles. The Bertz CT molecular complexity index is 726. The smallest absolute Gasteiger partial charge is 0.0705 e. The molecule has 0 unspecified atom stereocenters. The molecule has 0 N–H and O–H groups in total. The molecule has 0 fully saturated rings. The van der Waals surface area contributed by atoms with Gasteiger partial charge in [0.25, 0.3) is 0 Å². The van der Waals surface area contributed by atoms with Crippen LogP contribution in [0, 0.1) is 13.8 Å². The zero-order valence-corrected chi connectivity index (χ0v) is 10.8. The first-order valence-electron chi connectivity index (χ1n) is 6.00. The van der Waals surface area contributed by atoms with Crippen molar-refractivity contribution in [3.63, 3.8) is 0 Å². The van der Waals surface area contributed by atoms with E-state index in [-0.39, 0.29) is 0 Å². The highest BCUT2D eigenvalue weighted by Gasteiger charge is 2.05. The molecule has 0 aliphatic rings. The normalized spacial score (nSPS) is 11.1. The van der Waals surface area contributed by atoms with Crippen LogP contribution in [-0.4, -0.2) is 14.8 Å². The molecular weight excluding hydrogens is 222 g/mol. The van der Waals surface area contributed by atoms with Crippen LogP contribution in [0.15, 0.2) is 36.7 Å². The lowest BCUT2D eigenvalue weighted by Crippen LogP contribution is -1.90. The predicted molar refractivity (Wildman–Crippen MR) is 73.4 cm³/mol. The molecule has 1 aromatic carbocycles. The number of fused-ring (bicyclic) bond motifs is 1. The first kappa shape index (κ1) is 11.0. The van der Waals surface area contributed by atoms with Crippen LogP contribution in [0.5, 0.6) is 0 Å². The zero-order chi connectivity index (χ0) is 12.7. The van der Waals surface area contributed by atoms with Gasteiger partial charge in [-0.05, 0) is 43.2 Å². The van der Waals surface area contributed by atoms with E-state index in [9.17, 15) is 0 Å². The monoisotopic (exact) mass is 237 g/mol. The fourth-order valence-electron chi connectivity index (χ4n) is 2.11. The van der Waals surface area contributed by atoms with Crippen molar-refractivity contribution in [2.24, 2.45) is 7.05 Å². The molecule has 0 spiro atoms. The number of hydrogen-bond acceptors (Lipinski definition) is 2. The molecule has 0 bridgehead atoms. The number of aryl methyl sites for hydroxylation is 3. The maximum atomic E-state index is 4.50. The van der Waals surface area contributed by atoms with E-state index < -0.39 is 0 Å². The Morgan fingerprint density at radius 3 is 2.61 bits per heavy atom. The lowest BCUT2D eigenvalue weighted by molar-refractivity contribution is 0.797. The summed E-state index contributed by atoms with van der Waals surface area (Å²) in [4.78, 5) is 4.50. The third-order valence-electron chi connectivity index (χ3n) is 3.41. The Kier molecular flexibility index (Phi) is 2.40. The lowest BCUT2D eigenvalue weighted by Gasteiger charge is -2.05. The van der Waals surface area contributed by atoms with Crippen LogP contribution in [0.3, 0.4) is 0 Å². The van der Waals surface area contributed by atoms with Crippen LogP contribution in [0.4, 0.5) is 0 Å². The molecule has 0 saturated carbocycles. The van der Waals surface area contributed by atoms with Crippen molar-refractivity contribution < 1.29 is 0 Å². The van der Waals surface area contributed by atoms with Crippen molar-refractivity contribution in [3.05, 3.63) is 47.8 Å². The largest absolute Gasteiger partial charge is 0.268 e. The second kappa shape index (κ2) is 3.95. The highest BCUT2D eigenvalue weighted by molar-refractivity contribution is 5.83. The molecule has 3 nitrogen and oxygen atoms in total. The third kappa shape index (κ3) is 1.68. The van der Waals surface area contributed by atoms with Crippen LogP contribution in [0.1, 0.15) is 11.1 Å². The van der Waals surface area contributed by atoms with Crippen molar-refractivity contribution in [1.82, 2.24) is 14.8 Å². The first-order chi connectivity index (χ1) is 8.65. The van der Waals surface area contributed by atoms with Gasteiger partial charge in [-0.15, -0.1) is 0 Å². The molecule has 90 valence electrons. The quantitative estimate of drug-likeness (QED) is 0.650. The van der Waals surface area contributed by atoms with Gasteiger partial charge in [0.15, 0.2) is 0 Å². The minimum absolute atomic E-state index is 1.02. The Morgan fingerprint density at radius 1 is 1.00 bits per heavy atom. The molecule has 3 heteroatoms. The van der Waals surface area contributed by atoms with Crippen LogP contribution < -0.4 is 0 Å².